The Morgan fingerprint density at radius 2 is 1.80 bits per heavy atom. The number of fused-ring (bicyclic) bond motifs is 1. The van der Waals surface area contributed by atoms with Gasteiger partial charge in [-0.2, -0.15) is 0 Å². The van der Waals surface area contributed by atoms with Crippen molar-refractivity contribution < 1.29 is 18.7 Å². The maximum atomic E-state index is 12.8. The highest BCUT2D eigenvalue weighted by atomic mass is 35.5. The number of carbonyl (C=O) groups excluding carboxylic acids is 2. The quantitative estimate of drug-likeness (QED) is 0.441. The Bertz CT molecular complexity index is 1200. The lowest BCUT2D eigenvalue weighted by atomic mass is 10.1. The number of para-hydroxylation sites is 2. The Kier molecular flexibility index (Phi) is 5.50. The third-order valence-corrected chi connectivity index (χ3v) is 4.65. The monoisotopic (exact) mass is 420 g/mol. The maximum Gasteiger partial charge on any atom is 0.339 e. The summed E-state index contributed by atoms with van der Waals surface area (Å²) in [5.41, 5.74) is 2.56. The number of esters is 1. The summed E-state index contributed by atoms with van der Waals surface area (Å²) < 4.78 is 11.2. The summed E-state index contributed by atoms with van der Waals surface area (Å²) in [6, 6.07) is 20.8. The molecule has 4 aromatic rings. The fourth-order valence-electron chi connectivity index (χ4n) is 2.92. The highest BCUT2D eigenvalue weighted by Gasteiger charge is 2.23. The van der Waals surface area contributed by atoms with Gasteiger partial charge in [-0.15, -0.1) is 0 Å². The summed E-state index contributed by atoms with van der Waals surface area (Å²) in [7, 11) is 0. The smallest absolute Gasteiger partial charge is 0.339 e. The van der Waals surface area contributed by atoms with Crippen molar-refractivity contribution in [3.05, 3.63) is 83.4 Å². The zero-order valence-electron chi connectivity index (χ0n) is 16.0. The molecule has 0 bridgehead atoms. The highest BCUT2D eigenvalue weighted by molar-refractivity contribution is 6.30. The largest absolute Gasteiger partial charge is 0.449 e. The molecule has 0 aliphatic rings. The van der Waals surface area contributed by atoms with Crippen LogP contribution in [0.3, 0.4) is 0 Å². The number of carbonyl (C=O) groups is 2. The molecule has 1 unspecified atom stereocenters. The van der Waals surface area contributed by atoms with E-state index in [9.17, 15) is 9.59 Å². The lowest BCUT2D eigenvalue weighted by molar-refractivity contribution is -0.123. The Morgan fingerprint density at radius 1 is 1.03 bits per heavy atom. The minimum Gasteiger partial charge on any atom is -0.449 e. The number of amides is 1. The molecule has 0 fully saturated rings. The Hall–Kier alpha value is -3.64. The summed E-state index contributed by atoms with van der Waals surface area (Å²) in [6.07, 6.45) is -1.02. The number of rotatable bonds is 5. The molecule has 3 aromatic carbocycles. The van der Waals surface area contributed by atoms with Gasteiger partial charge in [0.1, 0.15) is 5.52 Å². The molecule has 0 aliphatic heterocycles. The minimum absolute atomic E-state index is 0.256. The summed E-state index contributed by atoms with van der Waals surface area (Å²) >= 11 is 5.93. The van der Waals surface area contributed by atoms with E-state index in [-0.39, 0.29) is 5.56 Å². The van der Waals surface area contributed by atoms with Crippen LogP contribution in [0.5, 0.6) is 0 Å². The first kappa shape index (κ1) is 19.7. The van der Waals surface area contributed by atoms with Crippen molar-refractivity contribution >= 4 is 40.3 Å². The zero-order valence-corrected chi connectivity index (χ0v) is 16.7. The van der Waals surface area contributed by atoms with Gasteiger partial charge < -0.3 is 14.5 Å². The van der Waals surface area contributed by atoms with Crippen LogP contribution in [0.2, 0.25) is 5.02 Å². The molecule has 0 spiro atoms. The van der Waals surface area contributed by atoms with Crippen LogP contribution in [-0.2, 0) is 9.53 Å². The maximum absolute atomic E-state index is 12.8. The van der Waals surface area contributed by atoms with Crippen molar-refractivity contribution in [2.45, 2.75) is 13.0 Å². The lowest BCUT2D eigenvalue weighted by Crippen LogP contribution is -2.30. The number of oxazole rings is 1. The number of halogens is 1. The number of ether oxygens (including phenoxy) is 1. The fourth-order valence-corrected chi connectivity index (χ4v) is 3.11. The molecule has 0 saturated heterocycles. The Balaban J connectivity index is 1.53. The van der Waals surface area contributed by atoms with E-state index in [0.29, 0.717) is 33.3 Å². The average Bonchev–Trinajstić information content (AvgIpc) is 3.18. The van der Waals surface area contributed by atoms with E-state index in [2.05, 4.69) is 10.3 Å². The zero-order chi connectivity index (χ0) is 21.1. The van der Waals surface area contributed by atoms with E-state index < -0.39 is 18.0 Å². The molecule has 30 heavy (non-hydrogen) atoms. The predicted molar refractivity (Wildman–Crippen MR) is 114 cm³/mol. The number of nitrogens with one attached hydrogen (secondary N) is 1. The molecular weight excluding hydrogens is 404 g/mol. The number of nitrogens with zero attached hydrogens (tertiary/aromatic N) is 1. The predicted octanol–water partition coefficient (Wildman–Crippen LogP) is 5.33. The van der Waals surface area contributed by atoms with Crippen molar-refractivity contribution in [1.29, 1.82) is 0 Å². The number of benzene rings is 3. The topological polar surface area (TPSA) is 81.4 Å². The van der Waals surface area contributed by atoms with Gasteiger partial charge in [-0.25, -0.2) is 9.78 Å². The van der Waals surface area contributed by atoms with E-state index in [1.165, 1.54) is 6.92 Å². The molecule has 1 N–H and O–H groups in total. The van der Waals surface area contributed by atoms with Gasteiger partial charge >= 0.3 is 5.97 Å². The third-order valence-electron chi connectivity index (χ3n) is 4.42. The van der Waals surface area contributed by atoms with E-state index in [0.717, 1.165) is 0 Å². The number of aromatic nitrogens is 1. The summed E-state index contributed by atoms with van der Waals surface area (Å²) in [4.78, 5) is 29.6. The molecule has 1 amide bonds. The summed E-state index contributed by atoms with van der Waals surface area (Å²) in [5, 5.41) is 3.16. The second-order valence-corrected chi connectivity index (χ2v) is 7.02. The molecule has 1 heterocycles. The number of hydrogen-bond donors (Lipinski definition) is 1. The van der Waals surface area contributed by atoms with Crippen molar-refractivity contribution in [2.75, 3.05) is 5.32 Å². The average molecular weight is 421 g/mol. The molecule has 1 atom stereocenters. The van der Waals surface area contributed by atoms with E-state index >= 15 is 0 Å². The number of hydrogen-bond acceptors (Lipinski definition) is 5. The summed E-state index contributed by atoms with van der Waals surface area (Å²) in [6.45, 7) is 1.50. The van der Waals surface area contributed by atoms with Gasteiger partial charge in [-0.1, -0.05) is 41.9 Å². The first-order chi connectivity index (χ1) is 14.5. The van der Waals surface area contributed by atoms with Gasteiger partial charge in [0.05, 0.1) is 11.1 Å². The molecular formula is C23H17ClN2O4. The molecule has 0 aliphatic carbocycles. The van der Waals surface area contributed by atoms with Crippen molar-refractivity contribution in [1.82, 2.24) is 4.98 Å². The van der Waals surface area contributed by atoms with Gasteiger partial charge in [0.15, 0.2) is 11.7 Å². The fraction of sp³-hybridized carbons (Fsp3) is 0.0870. The lowest BCUT2D eigenvalue weighted by Gasteiger charge is -2.14. The molecule has 4 rings (SSSR count). The van der Waals surface area contributed by atoms with Crippen LogP contribution in [0, 0.1) is 0 Å². The molecule has 150 valence electrons. The van der Waals surface area contributed by atoms with Crippen molar-refractivity contribution in [3.8, 4) is 11.5 Å². The van der Waals surface area contributed by atoms with Crippen molar-refractivity contribution in [3.63, 3.8) is 0 Å². The normalized spacial score (nSPS) is 11.8. The van der Waals surface area contributed by atoms with Gasteiger partial charge in [0, 0.05) is 10.7 Å². The second-order valence-electron chi connectivity index (χ2n) is 6.58. The molecule has 1 aromatic heterocycles. The van der Waals surface area contributed by atoms with Crippen LogP contribution in [0.15, 0.2) is 77.2 Å². The minimum atomic E-state index is -1.02. The van der Waals surface area contributed by atoms with E-state index in [1.54, 1.807) is 54.6 Å². The first-order valence-corrected chi connectivity index (χ1v) is 9.61. The molecule has 7 heteroatoms. The van der Waals surface area contributed by atoms with Crippen LogP contribution in [-0.4, -0.2) is 23.0 Å². The van der Waals surface area contributed by atoms with Gasteiger partial charge in [-0.3, -0.25) is 4.79 Å². The Labute approximate surface area is 177 Å². The van der Waals surface area contributed by atoms with E-state index in [4.69, 9.17) is 20.8 Å². The van der Waals surface area contributed by atoms with Gasteiger partial charge in [0.2, 0.25) is 5.89 Å². The highest BCUT2D eigenvalue weighted by Crippen LogP contribution is 2.27. The SMILES string of the molecule is CC(OC(=O)c1ccccc1-c1nc2ccccc2o1)C(=O)Nc1cccc(Cl)c1. The van der Waals surface area contributed by atoms with Crippen LogP contribution in [0.25, 0.3) is 22.6 Å². The van der Waals surface area contributed by atoms with E-state index in [1.807, 2.05) is 18.2 Å². The number of anilines is 1. The van der Waals surface area contributed by atoms with Gasteiger partial charge in [-0.05, 0) is 49.4 Å². The van der Waals surface area contributed by atoms with Crippen LogP contribution >= 0.6 is 11.6 Å². The van der Waals surface area contributed by atoms with Gasteiger partial charge in [0.25, 0.3) is 5.91 Å². The van der Waals surface area contributed by atoms with Crippen molar-refractivity contribution in [2.24, 2.45) is 0 Å². The van der Waals surface area contributed by atoms with Crippen LogP contribution in [0.1, 0.15) is 17.3 Å². The standard InChI is InChI=1S/C23H17ClN2O4/c1-14(21(27)25-16-8-6-7-15(24)13-16)29-23(28)18-10-3-2-9-17(18)22-26-19-11-4-5-12-20(19)30-22/h2-14H,1H3,(H,25,27). The molecule has 6 nitrogen and oxygen atoms in total. The first-order valence-electron chi connectivity index (χ1n) is 9.23. The Morgan fingerprint density at radius 3 is 2.60 bits per heavy atom. The molecule has 0 saturated carbocycles. The molecule has 0 radical (unpaired) electrons. The van der Waals surface area contributed by atoms with Crippen LogP contribution in [0.4, 0.5) is 5.69 Å². The second kappa shape index (κ2) is 8.39. The summed E-state index contributed by atoms with van der Waals surface area (Å²) in [5.74, 6) is -0.814. The third kappa shape index (κ3) is 4.18. The van der Waals surface area contributed by atoms with Crippen LogP contribution < -0.4 is 5.32 Å².